The number of hydrogen-bond acceptors (Lipinski definition) is 6. The number of carbonyl (C=O) groups is 3. The molecule has 5 rings (SSSR count). The fourth-order valence-corrected chi connectivity index (χ4v) is 7.40. The van der Waals surface area contributed by atoms with Crippen LogP contribution in [0.2, 0.25) is 15.1 Å². The number of amides is 3. The molecule has 0 atom stereocenters. The van der Waals surface area contributed by atoms with Crippen LogP contribution < -0.4 is 21.1 Å². The van der Waals surface area contributed by atoms with Crippen molar-refractivity contribution in [1.29, 1.82) is 0 Å². The van der Waals surface area contributed by atoms with Crippen molar-refractivity contribution in [2.75, 3.05) is 26.2 Å². The van der Waals surface area contributed by atoms with Gasteiger partial charge in [0.15, 0.2) is 5.75 Å². The zero-order valence-corrected chi connectivity index (χ0v) is 28.5. The van der Waals surface area contributed by atoms with Crippen LogP contribution >= 0.6 is 46.1 Å². The Morgan fingerprint density at radius 2 is 1.64 bits per heavy atom. The van der Waals surface area contributed by atoms with E-state index in [1.54, 1.807) is 47.4 Å². The van der Waals surface area contributed by atoms with Crippen molar-refractivity contribution in [3.8, 4) is 27.3 Å². The molecule has 246 valence electrons. The van der Waals surface area contributed by atoms with E-state index in [4.69, 9.17) is 45.3 Å². The molecule has 8 nitrogen and oxygen atoms in total. The van der Waals surface area contributed by atoms with Crippen molar-refractivity contribution < 1.29 is 23.5 Å². The van der Waals surface area contributed by atoms with Gasteiger partial charge in [-0.25, -0.2) is 4.39 Å². The molecular weight excluding hydrogens is 686 g/mol. The van der Waals surface area contributed by atoms with Crippen LogP contribution in [-0.4, -0.2) is 54.4 Å². The highest BCUT2D eigenvalue weighted by molar-refractivity contribution is 7.18. The second-order valence-corrected chi connectivity index (χ2v) is 13.4. The third-order valence-electron chi connectivity index (χ3n) is 8.01. The first-order valence-electron chi connectivity index (χ1n) is 14.8. The number of ether oxygens (including phenoxy) is 1. The molecule has 0 bridgehead atoms. The summed E-state index contributed by atoms with van der Waals surface area (Å²) < 4.78 is 19.7. The number of piperidine rings is 1. The Bertz CT molecular complexity index is 1780. The molecule has 0 saturated carbocycles. The molecule has 0 unspecified atom stereocenters. The number of hydrogen-bond donors (Lipinski definition) is 3. The van der Waals surface area contributed by atoms with E-state index >= 15 is 0 Å². The van der Waals surface area contributed by atoms with E-state index in [1.165, 1.54) is 30.4 Å². The maximum atomic E-state index is 14.3. The van der Waals surface area contributed by atoms with Crippen LogP contribution in [0.25, 0.3) is 21.6 Å². The highest BCUT2D eigenvalue weighted by atomic mass is 35.5. The summed E-state index contributed by atoms with van der Waals surface area (Å²) in [5.41, 5.74) is 7.68. The number of rotatable bonds is 11. The second kappa shape index (κ2) is 15.0. The number of primary amides is 1. The first-order valence-corrected chi connectivity index (χ1v) is 16.8. The summed E-state index contributed by atoms with van der Waals surface area (Å²) in [6.07, 6.45) is 0.554. The number of nitrogens with zero attached hydrogens (tertiary/aromatic N) is 1. The third kappa shape index (κ3) is 8.08. The van der Waals surface area contributed by atoms with Crippen molar-refractivity contribution in [3.63, 3.8) is 0 Å². The van der Waals surface area contributed by atoms with E-state index in [0.29, 0.717) is 48.2 Å². The van der Waals surface area contributed by atoms with Gasteiger partial charge in [0, 0.05) is 52.6 Å². The van der Waals surface area contributed by atoms with E-state index in [9.17, 15) is 18.8 Å². The van der Waals surface area contributed by atoms with Gasteiger partial charge in [-0.05, 0) is 60.4 Å². The van der Waals surface area contributed by atoms with Gasteiger partial charge >= 0.3 is 0 Å². The monoisotopic (exact) mass is 716 g/mol. The normalized spacial score (nSPS) is 14.1. The Morgan fingerprint density at radius 3 is 2.26 bits per heavy atom. The number of halogens is 4. The smallest absolute Gasteiger partial charge is 0.267 e. The van der Waals surface area contributed by atoms with E-state index in [-0.39, 0.29) is 56.7 Å². The minimum absolute atomic E-state index is 0.100. The van der Waals surface area contributed by atoms with Gasteiger partial charge in [-0.1, -0.05) is 65.1 Å². The summed E-state index contributed by atoms with van der Waals surface area (Å²) in [5.74, 6) is -1.02. The lowest BCUT2D eigenvalue weighted by molar-refractivity contribution is -0.126. The molecule has 0 radical (unpaired) electrons. The summed E-state index contributed by atoms with van der Waals surface area (Å²) in [5, 5.41) is 7.39. The molecule has 2 heterocycles. The van der Waals surface area contributed by atoms with Gasteiger partial charge in [0.2, 0.25) is 11.8 Å². The van der Waals surface area contributed by atoms with Gasteiger partial charge in [-0.3, -0.25) is 19.7 Å². The van der Waals surface area contributed by atoms with Crippen molar-refractivity contribution in [3.05, 3.63) is 98.1 Å². The van der Waals surface area contributed by atoms with E-state index in [2.05, 4.69) is 10.6 Å². The van der Waals surface area contributed by atoms with Gasteiger partial charge in [0.05, 0.1) is 11.6 Å². The first kappa shape index (κ1) is 34.7. The number of thiophene rings is 1. The Kier molecular flexibility index (Phi) is 11.1. The van der Waals surface area contributed by atoms with Crippen molar-refractivity contribution in [2.45, 2.75) is 31.8 Å². The minimum Gasteiger partial charge on any atom is -0.489 e. The zero-order chi connectivity index (χ0) is 33.7. The predicted octanol–water partition coefficient (Wildman–Crippen LogP) is 6.95. The Hall–Kier alpha value is -3.67. The molecule has 0 spiro atoms. The molecule has 0 aliphatic carbocycles. The molecule has 1 aliphatic rings. The summed E-state index contributed by atoms with van der Waals surface area (Å²) in [6, 6.07) is 18.3. The van der Waals surface area contributed by atoms with Crippen LogP contribution in [0.15, 0.2) is 66.7 Å². The molecular formula is C34H32Cl3FN4O4S. The maximum absolute atomic E-state index is 14.3. The van der Waals surface area contributed by atoms with Crippen LogP contribution in [0.3, 0.4) is 0 Å². The maximum Gasteiger partial charge on any atom is 0.267 e. The van der Waals surface area contributed by atoms with Gasteiger partial charge in [0.25, 0.3) is 5.91 Å². The quantitative estimate of drug-likeness (QED) is 0.146. The fourth-order valence-electron chi connectivity index (χ4n) is 5.44. The highest BCUT2D eigenvalue weighted by Crippen LogP contribution is 2.50. The number of nitrogens with two attached hydrogens (primary N) is 1. The predicted molar refractivity (Wildman–Crippen MR) is 185 cm³/mol. The fraction of sp³-hybridized carbons (Fsp3) is 0.265. The lowest BCUT2D eigenvalue weighted by Crippen LogP contribution is -2.61. The molecule has 47 heavy (non-hydrogen) atoms. The van der Waals surface area contributed by atoms with Crippen LogP contribution in [0.5, 0.6) is 5.75 Å². The molecule has 13 heteroatoms. The van der Waals surface area contributed by atoms with Gasteiger partial charge in [0.1, 0.15) is 22.8 Å². The van der Waals surface area contributed by atoms with E-state index < -0.39 is 11.4 Å². The molecule has 4 N–H and O–H groups in total. The van der Waals surface area contributed by atoms with Crippen molar-refractivity contribution >= 4 is 63.9 Å². The molecule has 4 aromatic rings. The van der Waals surface area contributed by atoms with E-state index in [1.807, 2.05) is 12.1 Å². The lowest BCUT2D eigenvalue weighted by Gasteiger charge is -2.40. The summed E-state index contributed by atoms with van der Waals surface area (Å²) in [4.78, 5) is 41.3. The van der Waals surface area contributed by atoms with Crippen molar-refractivity contribution in [1.82, 2.24) is 15.5 Å². The SMILES string of the molecule is CC(=O)NCCOc1c(C(=O)N2CCC(NCc3ccc(F)cc3)(C(N)=O)CC2)sc(-c2ccc(Cl)cc2Cl)c1-c1ccc(Cl)cc1. The molecule has 1 aromatic heterocycles. The van der Waals surface area contributed by atoms with E-state index in [0.717, 1.165) is 11.1 Å². The van der Waals surface area contributed by atoms with Gasteiger partial charge in [-0.2, -0.15) is 0 Å². The second-order valence-electron chi connectivity index (χ2n) is 11.1. The number of nitrogens with one attached hydrogen (secondary N) is 2. The average Bonchev–Trinajstić information content (AvgIpc) is 3.41. The van der Waals surface area contributed by atoms with Gasteiger partial charge in [-0.15, -0.1) is 11.3 Å². The largest absolute Gasteiger partial charge is 0.489 e. The minimum atomic E-state index is -1.05. The zero-order valence-electron chi connectivity index (χ0n) is 25.4. The molecule has 1 saturated heterocycles. The van der Waals surface area contributed by atoms with Gasteiger partial charge < -0.3 is 20.7 Å². The Balaban J connectivity index is 1.49. The summed E-state index contributed by atoms with van der Waals surface area (Å²) >= 11 is 20.4. The standard InChI is InChI=1S/C34H32Cl3FN4O4S/c1-20(43)40-14-17-46-29-28(22-4-6-23(35)7-5-22)30(26-11-8-24(36)18-27(26)37)47-31(29)32(44)42-15-12-34(13-16-42,33(39)45)41-19-21-2-9-25(38)10-3-21/h2-11,18,41H,12-17,19H2,1H3,(H2,39,45)(H,40,43). The molecule has 3 aromatic carbocycles. The Labute approximate surface area is 290 Å². The number of likely N-dealkylation sites (tertiary alicyclic amines) is 1. The molecule has 1 fully saturated rings. The van der Waals surface area contributed by atoms with Crippen molar-refractivity contribution in [2.24, 2.45) is 5.73 Å². The summed E-state index contributed by atoms with van der Waals surface area (Å²) in [6.45, 7) is 2.54. The topological polar surface area (TPSA) is 114 Å². The third-order valence-corrected chi connectivity index (χ3v) is 10.0. The van der Waals surface area contributed by atoms with Crippen LogP contribution in [-0.2, 0) is 16.1 Å². The van der Waals surface area contributed by atoms with Crippen LogP contribution in [0, 0.1) is 5.82 Å². The number of carbonyl (C=O) groups excluding carboxylic acids is 3. The average molecular weight is 718 g/mol. The lowest BCUT2D eigenvalue weighted by atomic mass is 9.86. The number of benzene rings is 3. The molecule has 3 amide bonds. The first-order chi connectivity index (χ1) is 22.5. The molecule has 1 aliphatic heterocycles. The summed E-state index contributed by atoms with van der Waals surface area (Å²) in [7, 11) is 0. The van der Waals surface area contributed by atoms with Crippen LogP contribution in [0.1, 0.15) is 35.0 Å². The highest BCUT2D eigenvalue weighted by Gasteiger charge is 2.41. The Morgan fingerprint density at radius 1 is 0.979 bits per heavy atom. The van der Waals surface area contributed by atoms with Crippen LogP contribution in [0.4, 0.5) is 4.39 Å².